The van der Waals surface area contributed by atoms with Crippen LogP contribution in [0.2, 0.25) is 0 Å². The lowest BCUT2D eigenvalue weighted by molar-refractivity contribution is -0.116. The monoisotopic (exact) mass is 477 g/mol. The summed E-state index contributed by atoms with van der Waals surface area (Å²) in [5, 5.41) is 5.16. The number of hydrogen-bond acceptors (Lipinski definition) is 4. The van der Waals surface area contributed by atoms with Gasteiger partial charge in [0.05, 0.1) is 37.7 Å². The molecule has 180 valence electrons. The zero-order valence-corrected chi connectivity index (χ0v) is 20.5. The van der Waals surface area contributed by atoms with Crippen LogP contribution in [0.1, 0.15) is 16.8 Å². The largest absolute Gasteiger partial charge is 0.497 e. The summed E-state index contributed by atoms with van der Waals surface area (Å²) in [4.78, 5) is 21.1. The Kier molecular flexibility index (Phi) is 6.41. The number of hydrogen-bond donors (Lipinski definition) is 2. The van der Waals surface area contributed by atoms with Crippen molar-refractivity contribution in [1.29, 1.82) is 0 Å². The Balaban J connectivity index is 1.44. The highest BCUT2D eigenvalue weighted by atomic mass is 16.5. The van der Waals surface area contributed by atoms with E-state index in [-0.39, 0.29) is 5.91 Å². The molecule has 5 aromatic rings. The highest BCUT2D eigenvalue weighted by Crippen LogP contribution is 2.33. The first-order chi connectivity index (χ1) is 17.6. The van der Waals surface area contributed by atoms with E-state index in [2.05, 4.69) is 53.6 Å². The lowest BCUT2D eigenvalue weighted by Crippen LogP contribution is -2.21. The molecule has 0 saturated carbocycles. The Labute approximate surface area is 209 Å². The summed E-state index contributed by atoms with van der Waals surface area (Å²) in [6.07, 6.45) is 3.20. The number of rotatable bonds is 7. The Hall–Kier alpha value is -4.58. The number of benzene rings is 3. The number of aryl methyl sites for hydroxylation is 1. The zero-order chi connectivity index (χ0) is 25.1. The van der Waals surface area contributed by atoms with Crippen molar-refractivity contribution in [3.63, 3.8) is 0 Å². The van der Waals surface area contributed by atoms with Crippen LogP contribution in [0.4, 0.5) is 0 Å². The topological polar surface area (TPSA) is 76.2 Å². The number of para-hydroxylation sites is 1. The molecule has 0 unspecified atom stereocenters. The van der Waals surface area contributed by atoms with E-state index in [1.165, 1.54) is 11.6 Å². The van der Waals surface area contributed by atoms with Gasteiger partial charge in [0.2, 0.25) is 5.91 Å². The zero-order valence-electron chi connectivity index (χ0n) is 20.5. The maximum Gasteiger partial charge on any atom is 0.244 e. The fourth-order valence-corrected chi connectivity index (χ4v) is 4.28. The van der Waals surface area contributed by atoms with Gasteiger partial charge in [0.1, 0.15) is 11.5 Å². The number of carbonyl (C=O) groups excluding carboxylic acids is 1. The number of fused-ring (bicyclic) bond motifs is 3. The second kappa shape index (κ2) is 9.96. The third-order valence-corrected chi connectivity index (χ3v) is 6.17. The van der Waals surface area contributed by atoms with Crippen molar-refractivity contribution in [3.05, 3.63) is 95.7 Å². The van der Waals surface area contributed by atoms with Crippen LogP contribution in [0, 0.1) is 6.92 Å². The van der Waals surface area contributed by atoms with Gasteiger partial charge in [-0.05, 0) is 43.3 Å². The molecule has 1 amide bonds. The molecule has 6 heteroatoms. The molecule has 0 radical (unpaired) electrons. The fraction of sp³-hybridized carbons (Fsp3) is 0.133. The Morgan fingerprint density at radius 2 is 1.78 bits per heavy atom. The van der Waals surface area contributed by atoms with Crippen LogP contribution < -0.4 is 14.8 Å². The molecule has 2 N–H and O–H groups in total. The predicted molar refractivity (Wildman–Crippen MR) is 144 cm³/mol. The quantitative estimate of drug-likeness (QED) is 0.280. The summed E-state index contributed by atoms with van der Waals surface area (Å²) in [5.41, 5.74) is 6.66. The third-order valence-electron chi connectivity index (χ3n) is 6.17. The van der Waals surface area contributed by atoms with Crippen molar-refractivity contribution < 1.29 is 14.3 Å². The Bertz CT molecular complexity index is 1580. The number of pyridine rings is 1. The SMILES string of the molecule is COc1ccc(OC)c(/C=C/C(=O)NCc2cc3c([nH]c4ccccc43)c(-c3ccc(C)cc3)n2)c1. The molecule has 0 aliphatic rings. The fourth-order valence-electron chi connectivity index (χ4n) is 4.28. The maximum absolute atomic E-state index is 12.7. The molecule has 0 atom stereocenters. The molecule has 2 heterocycles. The molecule has 5 rings (SSSR count). The van der Waals surface area contributed by atoms with Gasteiger partial charge in [-0.15, -0.1) is 0 Å². The van der Waals surface area contributed by atoms with Gasteiger partial charge >= 0.3 is 0 Å². The molecule has 0 bridgehead atoms. The van der Waals surface area contributed by atoms with Crippen LogP contribution >= 0.6 is 0 Å². The number of methoxy groups -OCH3 is 2. The first-order valence-corrected chi connectivity index (χ1v) is 11.7. The number of aromatic nitrogens is 2. The predicted octanol–water partition coefficient (Wildman–Crippen LogP) is 6.04. The summed E-state index contributed by atoms with van der Waals surface area (Å²) >= 11 is 0. The van der Waals surface area contributed by atoms with Crippen molar-refractivity contribution in [3.8, 4) is 22.8 Å². The van der Waals surface area contributed by atoms with Crippen LogP contribution in [0.15, 0.2) is 78.9 Å². The molecular weight excluding hydrogens is 450 g/mol. The van der Waals surface area contributed by atoms with Crippen molar-refractivity contribution in [1.82, 2.24) is 15.3 Å². The standard InChI is InChI=1S/C30H27N3O3/c1-19-8-10-20(11-9-19)29-30-25(24-6-4-5-7-26(24)33-30)17-22(32-29)18-31-28(34)15-12-21-16-23(35-2)13-14-27(21)36-3/h4-17,33H,18H2,1-3H3,(H,31,34)/b15-12+. The average molecular weight is 478 g/mol. The molecule has 0 spiro atoms. The molecule has 2 aromatic heterocycles. The number of carbonyl (C=O) groups is 1. The number of nitrogens with one attached hydrogen (secondary N) is 2. The summed E-state index contributed by atoms with van der Waals surface area (Å²) in [6.45, 7) is 2.36. The van der Waals surface area contributed by atoms with E-state index in [4.69, 9.17) is 14.5 Å². The Morgan fingerprint density at radius 3 is 2.56 bits per heavy atom. The van der Waals surface area contributed by atoms with E-state index in [0.717, 1.165) is 44.3 Å². The second-order valence-corrected chi connectivity index (χ2v) is 8.58. The minimum Gasteiger partial charge on any atom is -0.497 e. The van der Waals surface area contributed by atoms with Gasteiger partial charge in [0.15, 0.2) is 0 Å². The van der Waals surface area contributed by atoms with E-state index in [1.54, 1.807) is 20.3 Å². The number of nitrogens with zero attached hydrogens (tertiary/aromatic N) is 1. The van der Waals surface area contributed by atoms with Gasteiger partial charge in [-0.2, -0.15) is 0 Å². The van der Waals surface area contributed by atoms with Crippen LogP contribution in [-0.4, -0.2) is 30.1 Å². The lowest BCUT2D eigenvalue weighted by atomic mass is 10.1. The highest BCUT2D eigenvalue weighted by molar-refractivity contribution is 6.11. The maximum atomic E-state index is 12.7. The van der Waals surface area contributed by atoms with Crippen molar-refractivity contribution in [2.75, 3.05) is 14.2 Å². The van der Waals surface area contributed by atoms with Gasteiger partial charge in [-0.3, -0.25) is 4.79 Å². The molecule has 0 saturated heterocycles. The number of amides is 1. The van der Waals surface area contributed by atoms with Gasteiger partial charge in [0, 0.05) is 33.5 Å². The number of aromatic amines is 1. The molecular formula is C30H27N3O3. The van der Waals surface area contributed by atoms with Crippen molar-refractivity contribution in [2.24, 2.45) is 0 Å². The minimum absolute atomic E-state index is 0.224. The van der Waals surface area contributed by atoms with E-state index in [9.17, 15) is 4.79 Å². The molecule has 0 aliphatic heterocycles. The second-order valence-electron chi connectivity index (χ2n) is 8.58. The van der Waals surface area contributed by atoms with E-state index in [0.29, 0.717) is 18.0 Å². The highest BCUT2D eigenvalue weighted by Gasteiger charge is 2.14. The average Bonchev–Trinajstić information content (AvgIpc) is 3.29. The van der Waals surface area contributed by atoms with Crippen LogP contribution in [-0.2, 0) is 11.3 Å². The summed E-state index contributed by atoms with van der Waals surface area (Å²) in [7, 11) is 3.20. The lowest BCUT2D eigenvalue weighted by Gasteiger charge is -2.09. The molecule has 6 nitrogen and oxygen atoms in total. The van der Waals surface area contributed by atoms with Crippen LogP contribution in [0.5, 0.6) is 11.5 Å². The first kappa shape index (κ1) is 23.2. The van der Waals surface area contributed by atoms with E-state index in [1.807, 2.05) is 36.4 Å². The number of ether oxygens (including phenoxy) is 2. The van der Waals surface area contributed by atoms with E-state index < -0.39 is 0 Å². The molecule has 0 aliphatic carbocycles. The number of H-pyrrole nitrogens is 1. The van der Waals surface area contributed by atoms with Crippen molar-refractivity contribution >= 4 is 33.8 Å². The first-order valence-electron chi connectivity index (χ1n) is 11.7. The Morgan fingerprint density at radius 1 is 0.972 bits per heavy atom. The smallest absolute Gasteiger partial charge is 0.244 e. The molecule has 36 heavy (non-hydrogen) atoms. The minimum atomic E-state index is -0.224. The van der Waals surface area contributed by atoms with Gasteiger partial charge in [-0.25, -0.2) is 4.98 Å². The van der Waals surface area contributed by atoms with Gasteiger partial charge in [0.25, 0.3) is 0 Å². The molecule has 3 aromatic carbocycles. The van der Waals surface area contributed by atoms with Gasteiger partial charge < -0.3 is 19.8 Å². The van der Waals surface area contributed by atoms with Crippen LogP contribution in [0.3, 0.4) is 0 Å². The van der Waals surface area contributed by atoms with E-state index >= 15 is 0 Å². The summed E-state index contributed by atoms with van der Waals surface area (Å²) in [6, 6.07) is 24.0. The van der Waals surface area contributed by atoms with Crippen molar-refractivity contribution in [2.45, 2.75) is 13.5 Å². The third kappa shape index (κ3) is 4.66. The summed E-state index contributed by atoms with van der Waals surface area (Å²) < 4.78 is 10.7. The van der Waals surface area contributed by atoms with Gasteiger partial charge in [-0.1, -0.05) is 48.0 Å². The normalized spacial score (nSPS) is 11.3. The molecule has 0 fully saturated rings. The van der Waals surface area contributed by atoms with Crippen LogP contribution in [0.25, 0.3) is 39.1 Å². The summed E-state index contributed by atoms with van der Waals surface area (Å²) in [5.74, 6) is 1.13.